The summed E-state index contributed by atoms with van der Waals surface area (Å²) in [4.78, 5) is 18.6. The van der Waals surface area contributed by atoms with E-state index >= 15 is 0 Å². The van der Waals surface area contributed by atoms with Gasteiger partial charge >= 0.3 is 0 Å². The van der Waals surface area contributed by atoms with E-state index in [0.29, 0.717) is 18.0 Å². The first-order valence-corrected chi connectivity index (χ1v) is 8.60. The summed E-state index contributed by atoms with van der Waals surface area (Å²) >= 11 is 0. The third kappa shape index (κ3) is 2.35. The smallest absolute Gasteiger partial charge is 0.228 e. The maximum atomic E-state index is 14.1. The molecule has 0 radical (unpaired) electrons. The van der Waals surface area contributed by atoms with E-state index in [1.54, 1.807) is 6.07 Å². The number of likely N-dealkylation sites (tertiary alicyclic amines) is 1. The third-order valence-electron chi connectivity index (χ3n) is 5.92. The highest BCUT2D eigenvalue weighted by molar-refractivity contribution is 5.81. The van der Waals surface area contributed by atoms with Crippen LogP contribution >= 0.6 is 0 Å². The lowest BCUT2D eigenvalue weighted by atomic mass is 9.67. The van der Waals surface area contributed by atoms with E-state index in [1.807, 2.05) is 17.9 Å². The molecule has 1 saturated carbocycles. The van der Waals surface area contributed by atoms with E-state index in [4.69, 9.17) is 0 Å². The average molecular weight is 318 g/mol. The van der Waals surface area contributed by atoms with Gasteiger partial charge in [-0.2, -0.15) is 4.39 Å². The molecule has 5 nitrogen and oxygen atoms in total. The number of pyridine rings is 1. The lowest BCUT2D eigenvalue weighted by Gasteiger charge is -2.50. The summed E-state index contributed by atoms with van der Waals surface area (Å²) in [5, 5.41) is 0. The monoisotopic (exact) mass is 318 g/mol. The second kappa shape index (κ2) is 5.83. The van der Waals surface area contributed by atoms with Gasteiger partial charge in [0.05, 0.1) is 5.92 Å². The molecule has 1 aromatic heterocycles. The quantitative estimate of drug-likeness (QED) is 0.810. The Morgan fingerprint density at radius 2 is 2.30 bits per heavy atom. The predicted octanol–water partition coefficient (Wildman–Crippen LogP) is 1.43. The fourth-order valence-electron chi connectivity index (χ4n) is 4.86. The van der Waals surface area contributed by atoms with Gasteiger partial charge in [0.25, 0.3) is 0 Å². The van der Waals surface area contributed by atoms with Gasteiger partial charge in [-0.3, -0.25) is 15.6 Å². The van der Waals surface area contributed by atoms with Crippen LogP contribution in [-0.4, -0.2) is 41.0 Å². The highest BCUT2D eigenvalue weighted by Gasteiger charge is 2.51. The number of hydrazine groups is 1. The van der Waals surface area contributed by atoms with Crippen molar-refractivity contribution in [1.29, 1.82) is 0 Å². The molecule has 124 valence electrons. The SMILES string of the molecule is CCN1C(=O)C2CNNC2C2CCC(c3cccnc3F)CC21. The van der Waals surface area contributed by atoms with Crippen molar-refractivity contribution in [2.75, 3.05) is 13.1 Å². The molecule has 5 atom stereocenters. The van der Waals surface area contributed by atoms with Gasteiger partial charge in [-0.1, -0.05) is 6.07 Å². The van der Waals surface area contributed by atoms with Gasteiger partial charge in [-0.25, -0.2) is 4.98 Å². The van der Waals surface area contributed by atoms with Crippen LogP contribution in [0.15, 0.2) is 18.3 Å². The molecule has 2 N–H and O–H groups in total. The predicted molar refractivity (Wildman–Crippen MR) is 83.9 cm³/mol. The number of rotatable bonds is 2. The van der Waals surface area contributed by atoms with Crippen molar-refractivity contribution in [1.82, 2.24) is 20.7 Å². The van der Waals surface area contributed by atoms with Crippen molar-refractivity contribution in [3.63, 3.8) is 0 Å². The molecule has 1 aliphatic carbocycles. The molecule has 4 rings (SSSR count). The van der Waals surface area contributed by atoms with Crippen LogP contribution in [-0.2, 0) is 4.79 Å². The van der Waals surface area contributed by atoms with Gasteiger partial charge in [0.2, 0.25) is 11.9 Å². The minimum absolute atomic E-state index is 0.0443. The molecule has 5 unspecified atom stereocenters. The van der Waals surface area contributed by atoms with E-state index in [-0.39, 0.29) is 35.8 Å². The van der Waals surface area contributed by atoms with Gasteiger partial charge in [0, 0.05) is 36.9 Å². The normalized spacial score (nSPS) is 36.7. The maximum Gasteiger partial charge on any atom is 0.228 e. The van der Waals surface area contributed by atoms with Crippen LogP contribution in [0.4, 0.5) is 4.39 Å². The number of aromatic nitrogens is 1. The summed E-state index contributed by atoms with van der Waals surface area (Å²) in [5.74, 6) is 0.521. The lowest BCUT2D eigenvalue weighted by Crippen LogP contribution is -2.61. The summed E-state index contributed by atoms with van der Waals surface area (Å²) in [5.41, 5.74) is 7.17. The number of carbonyl (C=O) groups is 1. The Hall–Kier alpha value is -1.53. The summed E-state index contributed by atoms with van der Waals surface area (Å²) in [7, 11) is 0. The van der Waals surface area contributed by atoms with Crippen LogP contribution in [0.3, 0.4) is 0 Å². The average Bonchev–Trinajstić information content (AvgIpc) is 3.05. The molecule has 6 heteroatoms. The fourth-order valence-corrected chi connectivity index (χ4v) is 4.86. The van der Waals surface area contributed by atoms with Crippen LogP contribution in [0, 0.1) is 17.8 Å². The van der Waals surface area contributed by atoms with E-state index < -0.39 is 0 Å². The number of carbonyl (C=O) groups excluding carboxylic acids is 1. The highest BCUT2D eigenvalue weighted by atomic mass is 19.1. The first-order valence-electron chi connectivity index (χ1n) is 8.60. The number of fused-ring (bicyclic) bond motifs is 3. The minimum Gasteiger partial charge on any atom is -0.339 e. The third-order valence-corrected chi connectivity index (χ3v) is 5.92. The molecule has 0 bridgehead atoms. The second-order valence-corrected chi connectivity index (χ2v) is 6.91. The second-order valence-electron chi connectivity index (χ2n) is 6.91. The van der Waals surface area contributed by atoms with Crippen LogP contribution in [0.5, 0.6) is 0 Å². The lowest BCUT2D eigenvalue weighted by molar-refractivity contribution is -0.146. The van der Waals surface area contributed by atoms with E-state index in [1.165, 1.54) is 6.20 Å². The van der Waals surface area contributed by atoms with Gasteiger partial charge < -0.3 is 4.90 Å². The van der Waals surface area contributed by atoms with Crippen molar-refractivity contribution in [3.8, 4) is 0 Å². The number of amides is 1. The Labute approximate surface area is 135 Å². The molecule has 2 saturated heterocycles. The van der Waals surface area contributed by atoms with Crippen LogP contribution in [0.25, 0.3) is 0 Å². The first kappa shape index (κ1) is 15.0. The Balaban J connectivity index is 1.62. The Kier molecular flexibility index (Phi) is 3.81. The minimum atomic E-state index is -0.361. The largest absolute Gasteiger partial charge is 0.339 e. The zero-order chi connectivity index (χ0) is 16.0. The molecule has 3 heterocycles. The van der Waals surface area contributed by atoms with Crippen molar-refractivity contribution in [2.45, 2.75) is 44.2 Å². The number of hydrogen-bond acceptors (Lipinski definition) is 4. The van der Waals surface area contributed by atoms with Crippen molar-refractivity contribution in [2.24, 2.45) is 11.8 Å². The number of halogens is 1. The number of hydrogen-bond donors (Lipinski definition) is 2. The Morgan fingerprint density at radius 3 is 3.09 bits per heavy atom. The Bertz CT molecular complexity index is 610. The number of nitrogens with zero attached hydrogens (tertiary/aromatic N) is 2. The van der Waals surface area contributed by atoms with E-state index in [9.17, 15) is 9.18 Å². The molecular weight excluding hydrogens is 295 g/mol. The van der Waals surface area contributed by atoms with Crippen molar-refractivity contribution < 1.29 is 9.18 Å². The fraction of sp³-hybridized carbons (Fsp3) is 0.647. The van der Waals surface area contributed by atoms with E-state index in [2.05, 4.69) is 15.8 Å². The molecule has 0 spiro atoms. The standard InChI is InChI=1S/C17H23FN4O/c1-2-22-14-8-10(11-4-3-7-19-16(11)18)5-6-12(14)15-13(17(22)23)9-20-21-15/h3-4,7,10,12-15,20-21H,2,5-6,8-9H2,1H3. The zero-order valence-corrected chi connectivity index (χ0v) is 13.3. The summed E-state index contributed by atoms with van der Waals surface area (Å²) in [6.07, 6.45) is 4.30. The van der Waals surface area contributed by atoms with Gasteiger partial charge in [0.15, 0.2) is 0 Å². The van der Waals surface area contributed by atoms with Gasteiger partial charge in [0.1, 0.15) is 0 Å². The molecule has 0 aromatic carbocycles. The first-order chi connectivity index (χ1) is 11.2. The molecule has 1 amide bonds. The van der Waals surface area contributed by atoms with Crippen molar-refractivity contribution in [3.05, 3.63) is 29.8 Å². The molecule has 23 heavy (non-hydrogen) atoms. The van der Waals surface area contributed by atoms with Gasteiger partial charge in [-0.05, 0) is 44.1 Å². The zero-order valence-electron chi connectivity index (χ0n) is 13.3. The summed E-state index contributed by atoms with van der Waals surface area (Å²) in [6, 6.07) is 4.05. The van der Waals surface area contributed by atoms with Crippen LogP contribution < -0.4 is 10.9 Å². The summed E-state index contributed by atoms with van der Waals surface area (Å²) < 4.78 is 14.1. The van der Waals surface area contributed by atoms with Crippen LogP contribution in [0.1, 0.15) is 37.7 Å². The molecule has 1 aromatic rings. The van der Waals surface area contributed by atoms with Crippen LogP contribution in [0.2, 0.25) is 0 Å². The van der Waals surface area contributed by atoms with Crippen molar-refractivity contribution >= 4 is 5.91 Å². The number of nitrogens with one attached hydrogen (secondary N) is 2. The summed E-state index contributed by atoms with van der Waals surface area (Å²) in [6.45, 7) is 3.48. The molecule has 3 fully saturated rings. The van der Waals surface area contributed by atoms with E-state index in [0.717, 1.165) is 25.8 Å². The highest BCUT2D eigenvalue weighted by Crippen LogP contribution is 2.44. The Morgan fingerprint density at radius 1 is 1.43 bits per heavy atom. The molecular formula is C17H23FN4O. The maximum absolute atomic E-state index is 14.1. The molecule has 3 aliphatic rings. The topological polar surface area (TPSA) is 57.3 Å². The van der Waals surface area contributed by atoms with Gasteiger partial charge in [-0.15, -0.1) is 0 Å². The number of piperidine rings is 1. The molecule has 2 aliphatic heterocycles.